The predicted octanol–water partition coefficient (Wildman–Crippen LogP) is 2.33. The Morgan fingerprint density at radius 1 is 1.29 bits per heavy atom. The summed E-state index contributed by atoms with van der Waals surface area (Å²) in [5.74, 6) is 1.85. The van der Waals surface area contributed by atoms with Gasteiger partial charge in [0.2, 0.25) is 6.79 Å². The van der Waals surface area contributed by atoms with Gasteiger partial charge in [-0.15, -0.1) is 0 Å². The lowest BCUT2D eigenvalue weighted by Crippen LogP contribution is -2.24. The molecule has 0 radical (unpaired) electrons. The van der Waals surface area contributed by atoms with E-state index in [1.54, 1.807) is 0 Å². The van der Waals surface area contributed by atoms with E-state index in [-0.39, 0.29) is 0 Å². The minimum Gasteiger partial charge on any atom is -0.454 e. The maximum absolute atomic E-state index is 5.50. The number of benzene rings is 1. The molecule has 1 saturated heterocycles. The first-order valence-corrected chi connectivity index (χ1v) is 6.38. The molecule has 0 aliphatic carbocycles. The van der Waals surface area contributed by atoms with Gasteiger partial charge in [-0.2, -0.15) is 0 Å². The molecule has 0 saturated carbocycles. The van der Waals surface area contributed by atoms with Gasteiger partial charge in [0.15, 0.2) is 11.5 Å². The van der Waals surface area contributed by atoms with Gasteiger partial charge in [0.1, 0.15) is 0 Å². The van der Waals surface area contributed by atoms with Crippen LogP contribution in [0.2, 0.25) is 0 Å². The Balaban J connectivity index is 1.91. The summed E-state index contributed by atoms with van der Waals surface area (Å²) in [5, 5.41) is 3.55. The van der Waals surface area contributed by atoms with Gasteiger partial charge in [0, 0.05) is 6.04 Å². The molecule has 2 aliphatic heterocycles. The molecule has 2 aliphatic rings. The third-order valence-corrected chi connectivity index (χ3v) is 3.96. The van der Waals surface area contributed by atoms with Crippen LogP contribution >= 0.6 is 0 Å². The lowest BCUT2D eigenvalue weighted by molar-refractivity contribution is 0.173. The molecule has 0 spiro atoms. The maximum atomic E-state index is 5.50. The van der Waals surface area contributed by atoms with Gasteiger partial charge in [-0.3, -0.25) is 0 Å². The van der Waals surface area contributed by atoms with E-state index < -0.39 is 0 Å². The van der Waals surface area contributed by atoms with Gasteiger partial charge in [0.25, 0.3) is 0 Å². The molecule has 1 aromatic rings. The van der Waals surface area contributed by atoms with Crippen molar-refractivity contribution in [3.63, 3.8) is 0 Å². The van der Waals surface area contributed by atoms with Crippen LogP contribution in [0.1, 0.15) is 29.5 Å². The third kappa shape index (κ3) is 1.89. The fourth-order valence-electron chi connectivity index (χ4n) is 2.77. The lowest BCUT2D eigenvalue weighted by Gasteiger charge is -2.15. The fraction of sp³-hybridized carbons (Fsp3) is 0.571. The van der Waals surface area contributed by atoms with E-state index in [1.807, 2.05) is 0 Å². The first kappa shape index (κ1) is 10.9. The van der Waals surface area contributed by atoms with Crippen molar-refractivity contribution in [3.8, 4) is 11.5 Å². The Morgan fingerprint density at radius 3 is 2.94 bits per heavy atom. The molecular weight excluding hydrogens is 214 g/mol. The van der Waals surface area contributed by atoms with E-state index in [4.69, 9.17) is 9.47 Å². The van der Waals surface area contributed by atoms with Crippen molar-refractivity contribution in [2.75, 3.05) is 13.3 Å². The van der Waals surface area contributed by atoms with E-state index in [0.717, 1.165) is 24.5 Å². The monoisotopic (exact) mass is 233 g/mol. The predicted molar refractivity (Wildman–Crippen MR) is 66.8 cm³/mol. The molecule has 0 aromatic heterocycles. The Morgan fingerprint density at radius 2 is 2.18 bits per heavy atom. The van der Waals surface area contributed by atoms with Crippen molar-refractivity contribution < 1.29 is 9.47 Å². The topological polar surface area (TPSA) is 30.5 Å². The average molecular weight is 233 g/mol. The van der Waals surface area contributed by atoms with Crippen LogP contribution in [-0.4, -0.2) is 19.4 Å². The second kappa shape index (κ2) is 4.22. The second-order valence-corrected chi connectivity index (χ2v) is 5.02. The summed E-state index contributed by atoms with van der Waals surface area (Å²) in [4.78, 5) is 0. The molecule has 2 heterocycles. The molecule has 92 valence electrons. The summed E-state index contributed by atoms with van der Waals surface area (Å²) in [6.07, 6.45) is 3.68. The van der Waals surface area contributed by atoms with Crippen molar-refractivity contribution in [1.82, 2.24) is 5.32 Å². The summed E-state index contributed by atoms with van der Waals surface area (Å²) < 4.78 is 11.0. The summed E-state index contributed by atoms with van der Waals surface area (Å²) in [5.41, 5.74) is 3.97. The normalized spacial score (nSPS) is 22.1. The maximum Gasteiger partial charge on any atom is 0.231 e. The standard InChI is InChI=1S/C14H19NO2/c1-9-10(2)14-13(16-8-17-14)7-11(9)6-12-4-3-5-15-12/h7,12,15H,3-6,8H2,1-2H3. The summed E-state index contributed by atoms with van der Waals surface area (Å²) in [7, 11) is 0. The molecule has 3 nitrogen and oxygen atoms in total. The molecule has 1 aromatic carbocycles. The molecule has 1 N–H and O–H groups in total. The number of ether oxygens (including phenoxy) is 2. The Bertz CT molecular complexity index is 436. The van der Waals surface area contributed by atoms with E-state index in [2.05, 4.69) is 25.2 Å². The highest BCUT2D eigenvalue weighted by molar-refractivity contribution is 5.54. The van der Waals surface area contributed by atoms with Crippen molar-refractivity contribution in [1.29, 1.82) is 0 Å². The Hall–Kier alpha value is -1.22. The Kier molecular flexibility index (Phi) is 2.71. The van der Waals surface area contributed by atoms with Crippen LogP contribution in [0.15, 0.2) is 6.07 Å². The van der Waals surface area contributed by atoms with Crippen LogP contribution in [0.3, 0.4) is 0 Å². The lowest BCUT2D eigenvalue weighted by atomic mass is 9.96. The molecule has 17 heavy (non-hydrogen) atoms. The molecule has 3 heteroatoms. The zero-order chi connectivity index (χ0) is 11.8. The van der Waals surface area contributed by atoms with Crippen LogP contribution in [0.25, 0.3) is 0 Å². The van der Waals surface area contributed by atoms with Gasteiger partial charge in [-0.25, -0.2) is 0 Å². The van der Waals surface area contributed by atoms with Crippen LogP contribution in [0, 0.1) is 13.8 Å². The second-order valence-electron chi connectivity index (χ2n) is 5.02. The first-order chi connectivity index (χ1) is 8.25. The quantitative estimate of drug-likeness (QED) is 0.850. The molecule has 1 unspecified atom stereocenters. The van der Waals surface area contributed by atoms with Gasteiger partial charge < -0.3 is 14.8 Å². The minimum atomic E-state index is 0.362. The van der Waals surface area contributed by atoms with Crippen LogP contribution in [0.5, 0.6) is 11.5 Å². The highest BCUT2D eigenvalue weighted by atomic mass is 16.7. The number of fused-ring (bicyclic) bond motifs is 1. The summed E-state index contributed by atoms with van der Waals surface area (Å²) in [6.45, 7) is 5.82. The van der Waals surface area contributed by atoms with Crippen molar-refractivity contribution in [3.05, 3.63) is 22.8 Å². The zero-order valence-electron chi connectivity index (χ0n) is 10.5. The average Bonchev–Trinajstić information content (AvgIpc) is 2.96. The molecule has 0 amide bonds. The fourth-order valence-corrected chi connectivity index (χ4v) is 2.77. The van der Waals surface area contributed by atoms with E-state index in [0.29, 0.717) is 12.8 Å². The van der Waals surface area contributed by atoms with Gasteiger partial charge in [0.05, 0.1) is 0 Å². The van der Waals surface area contributed by atoms with Crippen molar-refractivity contribution in [2.45, 2.75) is 39.2 Å². The first-order valence-electron chi connectivity index (χ1n) is 6.38. The SMILES string of the molecule is Cc1c(CC2CCCN2)cc2c(c1C)OCO2. The van der Waals surface area contributed by atoms with Gasteiger partial charge in [-0.1, -0.05) is 0 Å². The minimum absolute atomic E-state index is 0.362. The van der Waals surface area contributed by atoms with E-state index in [1.165, 1.54) is 29.5 Å². The van der Waals surface area contributed by atoms with Crippen LogP contribution in [0.4, 0.5) is 0 Å². The third-order valence-electron chi connectivity index (χ3n) is 3.96. The summed E-state index contributed by atoms with van der Waals surface area (Å²) >= 11 is 0. The number of nitrogens with one attached hydrogen (secondary N) is 1. The molecule has 1 atom stereocenters. The van der Waals surface area contributed by atoms with Crippen molar-refractivity contribution in [2.24, 2.45) is 0 Å². The number of hydrogen-bond donors (Lipinski definition) is 1. The zero-order valence-corrected chi connectivity index (χ0v) is 10.5. The van der Waals surface area contributed by atoms with Crippen molar-refractivity contribution >= 4 is 0 Å². The van der Waals surface area contributed by atoms with E-state index >= 15 is 0 Å². The summed E-state index contributed by atoms with van der Waals surface area (Å²) in [6, 6.07) is 2.79. The highest BCUT2D eigenvalue weighted by Crippen LogP contribution is 2.39. The van der Waals surface area contributed by atoms with Crippen LogP contribution < -0.4 is 14.8 Å². The van der Waals surface area contributed by atoms with Gasteiger partial charge >= 0.3 is 0 Å². The Labute approximate surface area is 102 Å². The largest absolute Gasteiger partial charge is 0.454 e. The smallest absolute Gasteiger partial charge is 0.231 e. The number of hydrogen-bond acceptors (Lipinski definition) is 3. The number of rotatable bonds is 2. The van der Waals surface area contributed by atoms with E-state index in [9.17, 15) is 0 Å². The van der Waals surface area contributed by atoms with Gasteiger partial charge in [-0.05, 0) is 62.4 Å². The molecular formula is C14H19NO2. The van der Waals surface area contributed by atoms with Crippen LogP contribution in [-0.2, 0) is 6.42 Å². The molecule has 1 fully saturated rings. The molecule has 0 bridgehead atoms. The highest BCUT2D eigenvalue weighted by Gasteiger charge is 2.22. The molecule has 3 rings (SSSR count).